The molecular weight excluding hydrogens is 376 g/mol. The number of para-hydroxylation sites is 1. The molecule has 0 bridgehead atoms. The Morgan fingerprint density at radius 1 is 1.17 bits per heavy atom. The van der Waals surface area contributed by atoms with Crippen molar-refractivity contribution in [2.24, 2.45) is 11.7 Å². The fourth-order valence-corrected chi connectivity index (χ4v) is 3.03. The molecule has 2 amide bonds. The zero-order valence-electron chi connectivity index (χ0n) is 16.5. The molecule has 1 aromatic heterocycles. The zero-order chi connectivity index (χ0) is 21.6. The molecule has 9 nitrogen and oxygen atoms in total. The van der Waals surface area contributed by atoms with Crippen LogP contribution in [0.3, 0.4) is 0 Å². The SMILES string of the molecule is CC[C@H](C)[C@H](NC(=O)[C@H](Cc1c[nH]c2ccccc12)NC(=O)[C@@H](N)CO)C(=O)O. The molecule has 4 atom stereocenters. The summed E-state index contributed by atoms with van der Waals surface area (Å²) in [5.41, 5.74) is 7.22. The van der Waals surface area contributed by atoms with Crippen LogP contribution in [0.15, 0.2) is 30.5 Å². The van der Waals surface area contributed by atoms with Crippen LogP contribution in [-0.4, -0.2) is 57.7 Å². The van der Waals surface area contributed by atoms with Crippen LogP contribution in [0.4, 0.5) is 0 Å². The molecular formula is C20H28N4O5. The first-order valence-corrected chi connectivity index (χ1v) is 9.53. The molecule has 0 fully saturated rings. The highest BCUT2D eigenvalue weighted by Gasteiger charge is 2.30. The van der Waals surface area contributed by atoms with Gasteiger partial charge in [0, 0.05) is 23.5 Å². The Balaban J connectivity index is 2.27. The Bertz CT molecular complexity index is 865. The fourth-order valence-electron chi connectivity index (χ4n) is 3.03. The third-order valence-electron chi connectivity index (χ3n) is 5.04. The smallest absolute Gasteiger partial charge is 0.326 e. The van der Waals surface area contributed by atoms with Crippen molar-refractivity contribution in [3.05, 3.63) is 36.0 Å². The molecule has 0 unspecified atom stereocenters. The fraction of sp³-hybridized carbons (Fsp3) is 0.450. The second-order valence-electron chi connectivity index (χ2n) is 7.12. The van der Waals surface area contributed by atoms with Gasteiger partial charge in [0.2, 0.25) is 11.8 Å². The molecule has 2 rings (SSSR count). The molecule has 0 aliphatic carbocycles. The van der Waals surface area contributed by atoms with E-state index in [0.29, 0.717) is 6.42 Å². The van der Waals surface area contributed by atoms with Gasteiger partial charge < -0.3 is 31.6 Å². The summed E-state index contributed by atoms with van der Waals surface area (Å²) in [6.45, 7) is 2.99. The number of carboxylic acid groups (broad SMARTS) is 1. The van der Waals surface area contributed by atoms with Gasteiger partial charge in [-0.3, -0.25) is 9.59 Å². The average Bonchev–Trinajstić information content (AvgIpc) is 3.12. The summed E-state index contributed by atoms with van der Waals surface area (Å²) in [7, 11) is 0. The third-order valence-corrected chi connectivity index (χ3v) is 5.04. The number of rotatable bonds is 10. The van der Waals surface area contributed by atoms with Crippen LogP contribution < -0.4 is 16.4 Å². The Kier molecular flexibility index (Phi) is 7.74. The molecule has 2 aromatic rings. The van der Waals surface area contributed by atoms with Crippen molar-refractivity contribution < 1.29 is 24.6 Å². The highest BCUT2D eigenvalue weighted by atomic mass is 16.4. The van der Waals surface area contributed by atoms with Gasteiger partial charge in [-0.1, -0.05) is 38.5 Å². The zero-order valence-corrected chi connectivity index (χ0v) is 16.5. The molecule has 9 heteroatoms. The van der Waals surface area contributed by atoms with E-state index in [0.717, 1.165) is 16.5 Å². The second-order valence-corrected chi connectivity index (χ2v) is 7.12. The minimum atomic E-state index is -1.18. The van der Waals surface area contributed by atoms with Crippen molar-refractivity contribution >= 4 is 28.7 Å². The van der Waals surface area contributed by atoms with E-state index in [-0.39, 0.29) is 12.3 Å². The number of carbonyl (C=O) groups excluding carboxylic acids is 2. The summed E-state index contributed by atoms with van der Waals surface area (Å²) in [5, 5.41) is 24.5. The van der Waals surface area contributed by atoms with E-state index in [1.54, 1.807) is 13.1 Å². The molecule has 7 N–H and O–H groups in total. The maximum absolute atomic E-state index is 12.9. The highest BCUT2D eigenvalue weighted by Crippen LogP contribution is 2.19. The molecule has 29 heavy (non-hydrogen) atoms. The Labute approximate surface area is 168 Å². The molecule has 0 spiro atoms. The van der Waals surface area contributed by atoms with Gasteiger partial charge in [0.1, 0.15) is 18.1 Å². The first kappa shape index (κ1) is 22.4. The summed E-state index contributed by atoms with van der Waals surface area (Å²) in [4.78, 5) is 39.7. The highest BCUT2D eigenvalue weighted by molar-refractivity contribution is 5.93. The second kappa shape index (κ2) is 10.0. The number of aliphatic hydroxyl groups is 1. The van der Waals surface area contributed by atoms with Crippen LogP contribution in [0.2, 0.25) is 0 Å². The predicted molar refractivity (Wildman–Crippen MR) is 108 cm³/mol. The molecule has 0 saturated heterocycles. The molecule has 0 radical (unpaired) electrons. The van der Waals surface area contributed by atoms with E-state index in [9.17, 15) is 19.5 Å². The van der Waals surface area contributed by atoms with Crippen LogP contribution in [0.25, 0.3) is 10.9 Å². The third kappa shape index (κ3) is 5.55. The van der Waals surface area contributed by atoms with Gasteiger partial charge in [0.05, 0.1) is 6.61 Å². The van der Waals surface area contributed by atoms with Crippen molar-refractivity contribution in [3.8, 4) is 0 Å². The number of carbonyl (C=O) groups is 3. The van der Waals surface area contributed by atoms with E-state index < -0.39 is 42.5 Å². The maximum atomic E-state index is 12.9. The molecule has 1 heterocycles. The van der Waals surface area contributed by atoms with Gasteiger partial charge in [0.15, 0.2) is 0 Å². The van der Waals surface area contributed by atoms with Crippen molar-refractivity contribution in [3.63, 3.8) is 0 Å². The van der Waals surface area contributed by atoms with Crippen LogP contribution in [0.5, 0.6) is 0 Å². The summed E-state index contributed by atoms with van der Waals surface area (Å²) >= 11 is 0. The molecule has 1 aromatic carbocycles. The molecule has 0 saturated carbocycles. The molecule has 0 aliphatic heterocycles. The number of carboxylic acids is 1. The Morgan fingerprint density at radius 2 is 1.86 bits per heavy atom. The topological polar surface area (TPSA) is 158 Å². The van der Waals surface area contributed by atoms with Crippen molar-refractivity contribution in [1.82, 2.24) is 15.6 Å². The van der Waals surface area contributed by atoms with Gasteiger partial charge >= 0.3 is 5.97 Å². The number of hydrogen-bond donors (Lipinski definition) is 6. The number of aromatic nitrogens is 1. The van der Waals surface area contributed by atoms with Gasteiger partial charge in [-0.25, -0.2) is 4.79 Å². The first-order valence-electron chi connectivity index (χ1n) is 9.53. The minimum Gasteiger partial charge on any atom is -0.480 e. The summed E-state index contributed by atoms with van der Waals surface area (Å²) in [6.07, 6.45) is 2.44. The number of fused-ring (bicyclic) bond motifs is 1. The molecule has 0 aliphatic rings. The van der Waals surface area contributed by atoms with Crippen molar-refractivity contribution in [2.75, 3.05) is 6.61 Å². The number of H-pyrrole nitrogens is 1. The van der Waals surface area contributed by atoms with Gasteiger partial charge in [-0.05, 0) is 17.5 Å². The van der Waals surface area contributed by atoms with E-state index in [2.05, 4.69) is 15.6 Å². The lowest BCUT2D eigenvalue weighted by Crippen LogP contribution is -2.56. The Morgan fingerprint density at radius 3 is 2.48 bits per heavy atom. The standard InChI is InChI=1S/C20H28N4O5/c1-3-11(2)17(20(28)29)24-19(27)16(23-18(26)14(21)10-25)8-12-9-22-15-7-5-4-6-13(12)15/h4-7,9,11,14,16-17,22,25H,3,8,10,21H2,1-2H3,(H,23,26)(H,24,27)(H,28,29)/t11-,14-,16-,17-/m0/s1. The summed E-state index contributed by atoms with van der Waals surface area (Å²) < 4.78 is 0. The Hall–Kier alpha value is -2.91. The monoisotopic (exact) mass is 404 g/mol. The normalized spacial score (nSPS) is 15.3. The predicted octanol–water partition coefficient (Wildman–Crippen LogP) is 0.130. The first-order chi connectivity index (χ1) is 13.8. The molecule has 158 valence electrons. The lowest BCUT2D eigenvalue weighted by Gasteiger charge is -2.25. The lowest BCUT2D eigenvalue weighted by molar-refractivity contribution is -0.143. The number of hydrogen-bond acceptors (Lipinski definition) is 5. The number of nitrogens with one attached hydrogen (secondary N) is 3. The van der Waals surface area contributed by atoms with Crippen LogP contribution in [-0.2, 0) is 20.8 Å². The number of aliphatic hydroxyl groups excluding tert-OH is 1. The largest absolute Gasteiger partial charge is 0.480 e. The summed E-state index contributed by atoms with van der Waals surface area (Å²) in [5.74, 6) is -2.75. The van der Waals surface area contributed by atoms with E-state index in [1.165, 1.54) is 0 Å². The number of nitrogens with two attached hydrogens (primary N) is 1. The van der Waals surface area contributed by atoms with Gasteiger partial charge in [-0.2, -0.15) is 0 Å². The quantitative estimate of drug-likeness (QED) is 0.330. The van der Waals surface area contributed by atoms with E-state index in [1.807, 2.05) is 31.2 Å². The van der Waals surface area contributed by atoms with Crippen molar-refractivity contribution in [2.45, 2.75) is 44.8 Å². The van der Waals surface area contributed by atoms with E-state index in [4.69, 9.17) is 10.8 Å². The van der Waals surface area contributed by atoms with E-state index >= 15 is 0 Å². The summed E-state index contributed by atoms with van der Waals surface area (Å²) in [6, 6.07) is 4.19. The van der Waals surface area contributed by atoms with Gasteiger partial charge in [-0.15, -0.1) is 0 Å². The number of aliphatic carboxylic acids is 1. The number of aromatic amines is 1. The minimum absolute atomic E-state index is 0.132. The number of benzene rings is 1. The lowest BCUT2D eigenvalue weighted by atomic mass is 9.98. The van der Waals surface area contributed by atoms with Crippen molar-refractivity contribution in [1.29, 1.82) is 0 Å². The average molecular weight is 404 g/mol. The maximum Gasteiger partial charge on any atom is 0.326 e. The van der Waals surface area contributed by atoms with Crippen LogP contribution in [0, 0.1) is 5.92 Å². The van der Waals surface area contributed by atoms with Gasteiger partial charge in [0.25, 0.3) is 0 Å². The van der Waals surface area contributed by atoms with Crippen LogP contribution >= 0.6 is 0 Å². The van der Waals surface area contributed by atoms with Crippen LogP contribution in [0.1, 0.15) is 25.8 Å². The number of amides is 2.